The summed E-state index contributed by atoms with van der Waals surface area (Å²) in [6, 6.07) is 0.990. The standard InChI is InChI=1S/C11H15N3O4/c1-6(2)7(3)13-9-5-12-10(14(17)18)4-8(9)11(15)16/h4-7,13H,1-3H3,(H,15,16). The van der Waals surface area contributed by atoms with Crippen LogP contribution in [0.15, 0.2) is 12.3 Å². The van der Waals surface area contributed by atoms with Crippen LogP contribution in [0.25, 0.3) is 0 Å². The molecule has 0 bridgehead atoms. The number of hydrogen-bond acceptors (Lipinski definition) is 5. The Morgan fingerprint density at radius 2 is 2.11 bits per heavy atom. The average Bonchev–Trinajstić information content (AvgIpc) is 2.28. The van der Waals surface area contributed by atoms with Crippen LogP contribution in [0.1, 0.15) is 31.1 Å². The number of carboxylic acid groups (broad SMARTS) is 1. The van der Waals surface area contributed by atoms with Crippen LogP contribution in [-0.4, -0.2) is 27.0 Å². The molecule has 0 fully saturated rings. The van der Waals surface area contributed by atoms with Gasteiger partial charge >= 0.3 is 11.8 Å². The first-order chi connectivity index (χ1) is 8.32. The predicted octanol–water partition coefficient (Wildman–Crippen LogP) is 2.14. The van der Waals surface area contributed by atoms with Crippen molar-refractivity contribution in [3.05, 3.63) is 27.9 Å². The van der Waals surface area contributed by atoms with Gasteiger partial charge < -0.3 is 20.5 Å². The van der Waals surface area contributed by atoms with Gasteiger partial charge in [0.25, 0.3) is 0 Å². The lowest BCUT2D eigenvalue weighted by molar-refractivity contribution is -0.389. The van der Waals surface area contributed by atoms with E-state index in [9.17, 15) is 14.9 Å². The summed E-state index contributed by atoms with van der Waals surface area (Å²) < 4.78 is 0. The molecule has 1 rings (SSSR count). The first-order valence-corrected chi connectivity index (χ1v) is 5.47. The Morgan fingerprint density at radius 1 is 1.50 bits per heavy atom. The fourth-order valence-corrected chi connectivity index (χ4v) is 1.25. The van der Waals surface area contributed by atoms with Crippen molar-refractivity contribution in [2.75, 3.05) is 5.32 Å². The minimum atomic E-state index is -1.22. The van der Waals surface area contributed by atoms with Crippen molar-refractivity contribution in [1.29, 1.82) is 0 Å². The van der Waals surface area contributed by atoms with E-state index >= 15 is 0 Å². The summed E-state index contributed by atoms with van der Waals surface area (Å²) in [5.41, 5.74) is 0.138. The molecule has 1 unspecified atom stereocenters. The minimum Gasteiger partial charge on any atom is -0.478 e. The Bertz CT molecular complexity index is 473. The second-order valence-electron chi connectivity index (χ2n) is 4.33. The van der Waals surface area contributed by atoms with E-state index in [0.717, 1.165) is 6.07 Å². The number of rotatable bonds is 5. The van der Waals surface area contributed by atoms with Gasteiger partial charge in [-0.15, -0.1) is 0 Å². The highest BCUT2D eigenvalue weighted by Crippen LogP contribution is 2.21. The van der Waals surface area contributed by atoms with Crippen molar-refractivity contribution in [2.45, 2.75) is 26.8 Å². The smallest absolute Gasteiger partial charge is 0.364 e. The number of aromatic carboxylic acids is 1. The molecule has 0 aliphatic carbocycles. The molecule has 0 saturated heterocycles. The summed E-state index contributed by atoms with van der Waals surface area (Å²) in [5, 5.41) is 22.6. The van der Waals surface area contributed by atoms with Crippen LogP contribution >= 0.6 is 0 Å². The van der Waals surface area contributed by atoms with Crippen LogP contribution in [0, 0.1) is 16.0 Å². The maximum absolute atomic E-state index is 11.1. The van der Waals surface area contributed by atoms with E-state index in [2.05, 4.69) is 10.3 Å². The highest BCUT2D eigenvalue weighted by Gasteiger charge is 2.20. The predicted molar refractivity (Wildman–Crippen MR) is 65.8 cm³/mol. The number of anilines is 1. The lowest BCUT2D eigenvalue weighted by Crippen LogP contribution is -2.23. The molecule has 18 heavy (non-hydrogen) atoms. The zero-order valence-electron chi connectivity index (χ0n) is 10.4. The molecule has 0 aromatic carbocycles. The van der Waals surface area contributed by atoms with E-state index in [4.69, 9.17) is 5.11 Å². The lowest BCUT2D eigenvalue weighted by atomic mass is 10.1. The van der Waals surface area contributed by atoms with Gasteiger partial charge in [-0.2, -0.15) is 0 Å². The molecular weight excluding hydrogens is 238 g/mol. The molecule has 0 radical (unpaired) electrons. The molecule has 7 heteroatoms. The topological polar surface area (TPSA) is 105 Å². The SMILES string of the molecule is CC(C)C(C)Nc1cnc([N+](=O)[O-])cc1C(=O)O. The summed E-state index contributed by atoms with van der Waals surface area (Å²) in [6.45, 7) is 5.87. The van der Waals surface area contributed by atoms with Crippen molar-refractivity contribution in [1.82, 2.24) is 4.98 Å². The largest absolute Gasteiger partial charge is 0.478 e. The van der Waals surface area contributed by atoms with E-state index in [1.807, 2.05) is 20.8 Å². The molecule has 0 amide bonds. The fourth-order valence-electron chi connectivity index (χ4n) is 1.25. The van der Waals surface area contributed by atoms with E-state index in [-0.39, 0.29) is 17.3 Å². The van der Waals surface area contributed by atoms with Crippen molar-refractivity contribution in [3.8, 4) is 0 Å². The minimum absolute atomic E-state index is 0.0337. The Balaban J connectivity index is 3.12. The van der Waals surface area contributed by atoms with Crippen LogP contribution in [0.3, 0.4) is 0 Å². The Kier molecular flexibility index (Phi) is 4.19. The molecule has 7 nitrogen and oxygen atoms in total. The molecular formula is C11H15N3O4. The third-order valence-corrected chi connectivity index (χ3v) is 2.69. The Morgan fingerprint density at radius 3 is 2.56 bits per heavy atom. The first kappa shape index (κ1) is 13.9. The Hall–Kier alpha value is -2.18. The second-order valence-corrected chi connectivity index (χ2v) is 4.33. The highest BCUT2D eigenvalue weighted by atomic mass is 16.6. The zero-order chi connectivity index (χ0) is 13.9. The number of carboxylic acids is 1. The summed E-state index contributed by atoms with van der Waals surface area (Å²) in [6.07, 6.45) is 1.18. The molecule has 0 aliphatic rings. The monoisotopic (exact) mass is 253 g/mol. The summed E-state index contributed by atoms with van der Waals surface area (Å²) in [5.74, 6) is -1.41. The molecule has 2 N–H and O–H groups in total. The van der Waals surface area contributed by atoms with Gasteiger partial charge in [0.05, 0.1) is 17.3 Å². The highest BCUT2D eigenvalue weighted by molar-refractivity contribution is 5.94. The second kappa shape index (κ2) is 5.44. The van der Waals surface area contributed by atoms with E-state index < -0.39 is 16.7 Å². The summed E-state index contributed by atoms with van der Waals surface area (Å²) >= 11 is 0. The maximum atomic E-state index is 11.1. The van der Waals surface area contributed by atoms with Crippen LogP contribution in [0.4, 0.5) is 11.5 Å². The maximum Gasteiger partial charge on any atom is 0.364 e. The first-order valence-electron chi connectivity index (χ1n) is 5.47. The van der Waals surface area contributed by atoms with Crippen LogP contribution in [0.2, 0.25) is 0 Å². The molecule has 1 aromatic heterocycles. The lowest BCUT2D eigenvalue weighted by Gasteiger charge is -2.18. The van der Waals surface area contributed by atoms with Gasteiger partial charge in [0.1, 0.15) is 0 Å². The number of nitro groups is 1. The van der Waals surface area contributed by atoms with Crippen LogP contribution in [-0.2, 0) is 0 Å². The van der Waals surface area contributed by atoms with Crippen molar-refractivity contribution < 1.29 is 14.8 Å². The molecule has 1 heterocycles. The number of nitrogens with zero attached hydrogens (tertiary/aromatic N) is 2. The average molecular weight is 253 g/mol. The number of pyridine rings is 1. The van der Waals surface area contributed by atoms with Gasteiger partial charge in [-0.1, -0.05) is 13.8 Å². The van der Waals surface area contributed by atoms with E-state index in [0.29, 0.717) is 5.92 Å². The van der Waals surface area contributed by atoms with Gasteiger partial charge in [-0.05, 0) is 22.7 Å². The number of hydrogen-bond donors (Lipinski definition) is 2. The van der Waals surface area contributed by atoms with Crippen LogP contribution < -0.4 is 5.32 Å². The zero-order valence-corrected chi connectivity index (χ0v) is 10.4. The summed E-state index contributed by atoms with van der Waals surface area (Å²) in [7, 11) is 0. The van der Waals surface area contributed by atoms with E-state index in [1.54, 1.807) is 0 Å². The van der Waals surface area contributed by atoms with Gasteiger partial charge in [-0.25, -0.2) is 4.79 Å². The van der Waals surface area contributed by atoms with Crippen molar-refractivity contribution in [3.63, 3.8) is 0 Å². The van der Waals surface area contributed by atoms with Gasteiger partial charge in [0.2, 0.25) is 0 Å². The normalized spacial score (nSPS) is 12.2. The molecule has 98 valence electrons. The fraction of sp³-hybridized carbons (Fsp3) is 0.455. The third kappa shape index (κ3) is 3.16. The van der Waals surface area contributed by atoms with Crippen LogP contribution in [0.5, 0.6) is 0 Å². The van der Waals surface area contributed by atoms with E-state index in [1.165, 1.54) is 6.20 Å². The quantitative estimate of drug-likeness (QED) is 0.615. The molecule has 1 atom stereocenters. The van der Waals surface area contributed by atoms with Crippen molar-refractivity contribution >= 4 is 17.5 Å². The Labute approximate surface area is 104 Å². The van der Waals surface area contributed by atoms with Gasteiger partial charge in [-0.3, -0.25) is 0 Å². The molecule has 0 saturated carbocycles. The molecule has 0 spiro atoms. The molecule has 0 aliphatic heterocycles. The number of carbonyl (C=O) groups is 1. The molecule has 1 aromatic rings. The van der Waals surface area contributed by atoms with Gasteiger partial charge in [0, 0.05) is 6.04 Å². The summed E-state index contributed by atoms with van der Waals surface area (Å²) in [4.78, 5) is 24.5. The number of nitrogens with one attached hydrogen (secondary N) is 1. The number of aromatic nitrogens is 1. The van der Waals surface area contributed by atoms with Gasteiger partial charge in [0.15, 0.2) is 6.20 Å². The third-order valence-electron chi connectivity index (χ3n) is 2.69. The van der Waals surface area contributed by atoms with Crippen molar-refractivity contribution in [2.24, 2.45) is 5.92 Å².